The molecule has 1 atom stereocenters. The van der Waals surface area contributed by atoms with Gasteiger partial charge in [0, 0.05) is 19.4 Å². The van der Waals surface area contributed by atoms with E-state index >= 15 is 0 Å². The molecule has 5 heteroatoms. The molecular weight excluding hydrogens is 885 g/mol. The maximum Gasteiger partial charge on any atom is 0.306 e. The van der Waals surface area contributed by atoms with Crippen molar-refractivity contribution in [3.63, 3.8) is 0 Å². The first-order chi connectivity index (χ1) is 35.6. The van der Waals surface area contributed by atoms with E-state index in [9.17, 15) is 9.59 Å². The lowest BCUT2D eigenvalue weighted by Gasteiger charge is -2.18. The first kappa shape index (κ1) is 68.3. The summed E-state index contributed by atoms with van der Waals surface area (Å²) in [6.07, 6.45) is 86.5. The standard InChI is InChI=1S/C67H112O5/c1-4-7-10-13-16-19-22-25-28-31-33-35-38-41-44-47-50-53-56-59-62-70-63-65(72-67(69)61-58-55-52-49-46-43-40-36-30-27-24-21-18-15-12-9-6-3)64-71-66(68)60-57-54-51-48-45-42-39-37-34-32-29-26-23-20-17-14-11-8-5-2/h7-8,10-11,16-17,19-20,25-30,33-35,37,41,44,65H,4-6,9,12-15,18,21-24,31-32,36,38-40,42-43,45-64H2,1-3H3/b10-7-,11-8-,19-16-,20-17-,28-25-,29-26-,30-27-,35-33-,37-34-,44-41-. The van der Waals surface area contributed by atoms with E-state index in [0.717, 1.165) is 128 Å². The van der Waals surface area contributed by atoms with E-state index < -0.39 is 6.10 Å². The summed E-state index contributed by atoms with van der Waals surface area (Å²) >= 11 is 0. The third-order valence-corrected chi connectivity index (χ3v) is 12.5. The first-order valence-electron chi connectivity index (χ1n) is 30.1. The molecule has 0 aliphatic carbocycles. The zero-order valence-corrected chi connectivity index (χ0v) is 47.2. The van der Waals surface area contributed by atoms with Crippen LogP contribution >= 0.6 is 0 Å². The second-order valence-corrected chi connectivity index (χ2v) is 19.5. The molecule has 410 valence electrons. The third-order valence-electron chi connectivity index (χ3n) is 12.5. The SMILES string of the molecule is CC/C=C\C/C=C\C/C=C\C/C=C\C/C=C\CCCCCCOCC(COC(=O)CCCCCCCC/C=C\C/C=C\C/C=C\C/C=C\CC)OC(=O)CCCCCCCCC/C=C\CCCCCCCC. The summed E-state index contributed by atoms with van der Waals surface area (Å²) in [4.78, 5) is 25.6. The van der Waals surface area contributed by atoms with Gasteiger partial charge >= 0.3 is 11.9 Å². The van der Waals surface area contributed by atoms with Crippen LogP contribution in [0.1, 0.15) is 265 Å². The van der Waals surface area contributed by atoms with Crippen molar-refractivity contribution in [2.24, 2.45) is 0 Å². The summed E-state index contributed by atoms with van der Waals surface area (Å²) in [7, 11) is 0. The molecule has 0 saturated carbocycles. The minimum atomic E-state index is -0.568. The number of ether oxygens (including phenoxy) is 3. The van der Waals surface area contributed by atoms with Crippen molar-refractivity contribution in [2.75, 3.05) is 19.8 Å². The van der Waals surface area contributed by atoms with Gasteiger partial charge in [0.1, 0.15) is 6.61 Å². The Morgan fingerprint density at radius 3 is 1.01 bits per heavy atom. The van der Waals surface area contributed by atoms with E-state index in [4.69, 9.17) is 14.2 Å². The van der Waals surface area contributed by atoms with Gasteiger partial charge in [0.2, 0.25) is 0 Å². The van der Waals surface area contributed by atoms with Crippen molar-refractivity contribution in [3.05, 3.63) is 122 Å². The number of unbranched alkanes of at least 4 members (excludes halogenated alkanes) is 23. The van der Waals surface area contributed by atoms with Crippen molar-refractivity contribution in [1.82, 2.24) is 0 Å². The zero-order chi connectivity index (χ0) is 52.0. The summed E-state index contributed by atoms with van der Waals surface area (Å²) < 4.78 is 17.5. The highest BCUT2D eigenvalue weighted by Crippen LogP contribution is 2.14. The molecule has 5 nitrogen and oxygen atoms in total. The molecule has 0 rings (SSSR count). The quantitative estimate of drug-likeness (QED) is 0.0345. The van der Waals surface area contributed by atoms with Crippen LogP contribution in [0.25, 0.3) is 0 Å². The summed E-state index contributed by atoms with van der Waals surface area (Å²) in [6.45, 7) is 7.53. The number of hydrogen-bond acceptors (Lipinski definition) is 5. The van der Waals surface area contributed by atoms with Gasteiger partial charge in [-0.25, -0.2) is 0 Å². The summed E-state index contributed by atoms with van der Waals surface area (Å²) in [5.41, 5.74) is 0. The number of allylic oxidation sites excluding steroid dienone is 20. The molecule has 0 N–H and O–H groups in total. The zero-order valence-electron chi connectivity index (χ0n) is 47.2. The Labute approximate surface area is 446 Å². The summed E-state index contributed by atoms with van der Waals surface area (Å²) in [6, 6.07) is 0. The van der Waals surface area contributed by atoms with Gasteiger partial charge in [0.15, 0.2) is 6.10 Å². The Kier molecular flexibility index (Phi) is 58.4. The van der Waals surface area contributed by atoms with Crippen molar-refractivity contribution in [3.8, 4) is 0 Å². The molecule has 0 aliphatic heterocycles. The third kappa shape index (κ3) is 58.9. The van der Waals surface area contributed by atoms with Gasteiger partial charge in [-0.2, -0.15) is 0 Å². The molecule has 0 spiro atoms. The van der Waals surface area contributed by atoms with Crippen LogP contribution in [0.4, 0.5) is 0 Å². The Morgan fingerprint density at radius 1 is 0.319 bits per heavy atom. The highest BCUT2D eigenvalue weighted by atomic mass is 16.6. The minimum Gasteiger partial charge on any atom is -0.462 e. The van der Waals surface area contributed by atoms with Gasteiger partial charge in [-0.1, -0.05) is 245 Å². The molecule has 0 radical (unpaired) electrons. The molecule has 0 saturated heterocycles. The van der Waals surface area contributed by atoms with E-state index in [1.807, 2.05) is 0 Å². The maximum atomic E-state index is 12.9. The van der Waals surface area contributed by atoms with Crippen LogP contribution in [0, 0.1) is 0 Å². The molecule has 0 heterocycles. The Balaban J connectivity index is 4.39. The molecule has 0 fully saturated rings. The van der Waals surface area contributed by atoms with Gasteiger partial charge in [0.05, 0.1) is 6.61 Å². The lowest BCUT2D eigenvalue weighted by molar-refractivity contribution is -0.163. The molecule has 0 aromatic rings. The van der Waals surface area contributed by atoms with Crippen molar-refractivity contribution < 1.29 is 23.8 Å². The fraction of sp³-hybridized carbons (Fsp3) is 0.672. The fourth-order valence-electron chi connectivity index (χ4n) is 8.05. The first-order valence-corrected chi connectivity index (χ1v) is 30.1. The van der Waals surface area contributed by atoms with Crippen LogP contribution in [0.3, 0.4) is 0 Å². The lowest BCUT2D eigenvalue weighted by Crippen LogP contribution is -2.30. The highest BCUT2D eigenvalue weighted by molar-refractivity contribution is 5.70. The van der Waals surface area contributed by atoms with Crippen molar-refractivity contribution in [1.29, 1.82) is 0 Å². The average Bonchev–Trinajstić information content (AvgIpc) is 3.38. The average molecular weight is 998 g/mol. The number of esters is 2. The lowest BCUT2D eigenvalue weighted by atomic mass is 10.1. The normalized spacial score (nSPS) is 13.1. The van der Waals surface area contributed by atoms with Gasteiger partial charge in [-0.05, 0) is 128 Å². The molecule has 0 aromatic heterocycles. The maximum absolute atomic E-state index is 12.9. The molecule has 0 aromatic carbocycles. The van der Waals surface area contributed by atoms with E-state index in [-0.39, 0.29) is 25.2 Å². The van der Waals surface area contributed by atoms with Crippen LogP contribution in [0.2, 0.25) is 0 Å². The largest absolute Gasteiger partial charge is 0.462 e. The van der Waals surface area contributed by atoms with E-state index in [0.29, 0.717) is 19.4 Å². The monoisotopic (exact) mass is 997 g/mol. The van der Waals surface area contributed by atoms with E-state index in [1.54, 1.807) is 0 Å². The molecule has 0 amide bonds. The topological polar surface area (TPSA) is 61.8 Å². The number of carbonyl (C=O) groups is 2. The molecule has 0 bridgehead atoms. The van der Waals surface area contributed by atoms with Crippen LogP contribution < -0.4 is 0 Å². The molecular formula is C67H112O5. The van der Waals surface area contributed by atoms with Crippen LogP contribution in [-0.4, -0.2) is 37.9 Å². The van der Waals surface area contributed by atoms with Gasteiger partial charge in [0.25, 0.3) is 0 Å². The minimum absolute atomic E-state index is 0.0589. The summed E-state index contributed by atoms with van der Waals surface area (Å²) in [5.74, 6) is -0.434. The van der Waals surface area contributed by atoms with Crippen molar-refractivity contribution >= 4 is 11.9 Å². The highest BCUT2D eigenvalue weighted by Gasteiger charge is 2.17. The van der Waals surface area contributed by atoms with Crippen LogP contribution in [0.5, 0.6) is 0 Å². The van der Waals surface area contributed by atoms with E-state index in [2.05, 4.69) is 142 Å². The predicted molar refractivity (Wildman–Crippen MR) is 316 cm³/mol. The van der Waals surface area contributed by atoms with E-state index in [1.165, 1.54) is 103 Å². The molecule has 1 unspecified atom stereocenters. The van der Waals surface area contributed by atoms with Gasteiger partial charge in [-0.15, -0.1) is 0 Å². The van der Waals surface area contributed by atoms with Gasteiger partial charge in [-0.3, -0.25) is 9.59 Å². The molecule has 0 aliphatic rings. The number of hydrogen-bond donors (Lipinski definition) is 0. The Bertz CT molecular complexity index is 1450. The second-order valence-electron chi connectivity index (χ2n) is 19.5. The van der Waals surface area contributed by atoms with Crippen LogP contribution in [-0.2, 0) is 23.8 Å². The second kappa shape index (κ2) is 61.6. The predicted octanol–water partition coefficient (Wildman–Crippen LogP) is 20.9. The Morgan fingerprint density at radius 2 is 0.625 bits per heavy atom. The Hall–Kier alpha value is -3.70. The van der Waals surface area contributed by atoms with Crippen LogP contribution in [0.15, 0.2) is 122 Å². The van der Waals surface area contributed by atoms with Gasteiger partial charge < -0.3 is 14.2 Å². The number of carbonyl (C=O) groups excluding carboxylic acids is 2. The number of rotatable bonds is 54. The fourth-order valence-corrected chi connectivity index (χ4v) is 8.05. The van der Waals surface area contributed by atoms with Crippen molar-refractivity contribution in [2.45, 2.75) is 271 Å². The smallest absolute Gasteiger partial charge is 0.306 e. The molecule has 72 heavy (non-hydrogen) atoms. The summed E-state index contributed by atoms with van der Waals surface area (Å²) in [5, 5.41) is 0.